The highest BCUT2D eigenvalue weighted by Crippen LogP contribution is 2.27. The first-order valence-electron chi connectivity index (χ1n) is 8.33. The monoisotopic (exact) mass is 314 g/mol. The number of imide groups is 2. The van der Waals surface area contributed by atoms with Crippen molar-refractivity contribution >= 4 is 17.8 Å². The molecule has 0 N–H and O–H groups in total. The summed E-state index contributed by atoms with van der Waals surface area (Å²) in [6.45, 7) is 2.35. The molecule has 1 aliphatic heterocycles. The summed E-state index contributed by atoms with van der Waals surface area (Å²) >= 11 is 0. The first kappa shape index (κ1) is 15.7. The van der Waals surface area contributed by atoms with Crippen molar-refractivity contribution in [1.82, 2.24) is 9.80 Å². The maximum atomic E-state index is 12.4. The van der Waals surface area contributed by atoms with Gasteiger partial charge in [-0.2, -0.15) is 0 Å². The quantitative estimate of drug-likeness (QED) is 0.620. The topological polar surface area (TPSA) is 57.7 Å². The molecule has 5 nitrogen and oxygen atoms in total. The fourth-order valence-corrected chi connectivity index (χ4v) is 3.52. The van der Waals surface area contributed by atoms with E-state index in [1.165, 1.54) is 16.0 Å². The van der Waals surface area contributed by atoms with Crippen molar-refractivity contribution in [3.8, 4) is 0 Å². The minimum Gasteiger partial charge on any atom is -0.263 e. The first-order chi connectivity index (χ1) is 11.1. The highest BCUT2D eigenvalue weighted by Gasteiger charge is 2.47. The molecule has 4 amide bonds. The molecule has 3 rings (SSSR count). The third kappa shape index (κ3) is 3.00. The highest BCUT2D eigenvalue weighted by atomic mass is 16.2. The SMILES string of the molecule is Cc1ccccc1CCCN1C(=O)C(=O)N(C2CCCC2)C1=O. The van der Waals surface area contributed by atoms with Crippen LogP contribution in [-0.4, -0.2) is 40.2 Å². The molecular formula is C18H22N2O3. The molecule has 2 aliphatic rings. The molecule has 0 spiro atoms. The lowest BCUT2D eigenvalue weighted by Crippen LogP contribution is -2.40. The number of urea groups is 1. The molecule has 1 heterocycles. The number of aryl methyl sites for hydroxylation is 2. The van der Waals surface area contributed by atoms with E-state index in [1.807, 2.05) is 25.1 Å². The van der Waals surface area contributed by atoms with Crippen LogP contribution >= 0.6 is 0 Å². The van der Waals surface area contributed by atoms with Gasteiger partial charge in [-0.1, -0.05) is 37.1 Å². The third-order valence-electron chi connectivity index (χ3n) is 4.86. The Labute approximate surface area is 136 Å². The fourth-order valence-electron chi connectivity index (χ4n) is 3.52. The molecule has 1 aromatic rings. The number of nitrogens with zero attached hydrogens (tertiary/aromatic N) is 2. The molecule has 1 aliphatic carbocycles. The lowest BCUT2D eigenvalue weighted by Gasteiger charge is -2.21. The Kier molecular flexibility index (Phi) is 4.46. The normalized spacial score (nSPS) is 19.3. The van der Waals surface area contributed by atoms with Gasteiger partial charge in [0.1, 0.15) is 0 Å². The summed E-state index contributed by atoms with van der Waals surface area (Å²) in [5, 5.41) is 0. The van der Waals surface area contributed by atoms with Gasteiger partial charge in [-0.05, 0) is 43.7 Å². The van der Waals surface area contributed by atoms with Crippen LogP contribution in [0.5, 0.6) is 0 Å². The Bertz CT molecular complexity index is 635. The Hall–Kier alpha value is -2.17. The molecular weight excluding hydrogens is 292 g/mol. The highest BCUT2D eigenvalue weighted by molar-refractivity contribution is 6.44. The molecule has 2 fully saturated rings. The predicted molar refractivity (Wildman–Crippen MR) is 85.7 cm³/mol. The van der Waals surface area contributed by atoms with E-state index in [4.69, 9.17) is 0 Å². The molecule has 23 heavy (non-hydrogen) atoms. The van der Waals surface area contributed by atoms with Crippen molar-refractivity contribution in [2.24, 2.45) is 0 Å². The lowest BCUT2D eigenvalue weighted by molar-refractivity contribution is -0.144. The van der Waals surface area contributed by atoms with E-state index in [1.54, 1.807) is 0 Å². The van der Waals surface area contributed by atoms with Crippen LogP contribution in [0, 0.1) is 6.92 Å². The van der Waals surface area contributed by atoms with E-state index in [9.17, 15) is 14.4 Å². The van der Waals surface area contributed by atoms with Gasteiger partial charge in [0.05, 0.1) is 0 Å². The maximum Gasteiger partial charge on any atom is 0.334 e. The summed E-state index contributed by atoms with van der Waals surface area (Å²) in [4.78, 5) is 39.0. The predicted octanol–water partition coefficient (Wildman–Crippen LogP) is 2.66. The number of carbonyl (C=O) groups excluding carboxylic acids is 3. The Morgan fingerprint density at radius 2 is 1.74 bits per heavy atom. The smallest absolute Gasteiger partial charge is 0.263 e. The van der Waals surface area contributed by atoms with Crippen LogP contribution in [0.4, 0.5) is 4.79 Å². The number of benzene rings is 1. The van der Waals surface area contributed by atoms with E-state index in [2.05, 4.69) is 6.07 Å². The molecule has 1 saturated heterocycles. The Balaban J connectivity index is 1.61. The first-order valence-corrected chi connectivity index (χ1v) is 8.33. The summed E-state index contributed by atoms with van der Waals surface area (Å²) < 4.78 is 0. The van der Waals surface area contributed by atoms with Crippen LogP contribution in [0.15, 0.2) is 24.3 Å². The molecule has 0 bridgehead atoms. The Morgan fingerprint density at radius 3 is 2.43 bits per heavy atom. The summed E-state index contributed by atoms with van der Waals surface area (Å²) in [7, 11) is 0. The van der Waals surface area contributed by atoms with Gasteiger partial charge in [-0.3, -0.25) is 19.4 Å². The molecule has 0 radical (unpaired) electrons. The number of carbonyl (C=O) groups is 3. The van der Waals surface area contributed by atoms with Crippen LogP contribution < -0.4 is 0 Å². The van der Waals surface area contributed by atoms with Crippen molar-refractivity contribution in [1.29, 1.82) is 0 Å². The number of amides is 4. The van der Waals surface area contributed by atoms with Crippen LogP contribution in [0.2, 0.25) is 0 Å². The maximum absolute atomic E-state index is 12.4. The number of rotatable bonds is 5. The van der Waals surface area contributed by atoms with Gasteiger partial charge < -0.3 is 0 Å². The van der Waals surface area contributed by atoms with Gasteiger partial charge >= 0.3 is 17.8 Å². The van der Waals surface area contributed by atoms with Crippen molar-refractivity contribution in [3.05, 3.63) is 35.4 Å². The average molecular weight is 314 g/mol. The zero-order valence-electron chi connectivity index (χ0n) is 13.5. The molecule has 1 aromatic carbocycles. The molecule has 0 aromatic heterocycles. The van der Waals surface area contributed by atoms with E-state index >= 15 is 0 Å². The van der Waals surface area contributed by atoms with E-state index in [-0.39, 0.29) is 6.04 Å². The molecule has 0 unspecified atom stereocenters. The van der Waals surface area contributed by atoms with E-state index in [0.29, 0.717) is 13.0 Å². The second-order valence-electron chi connectivity index (χ2n) is 6.38. The van der Waals surface area contributed by atoms with Crippen LogP contribution in [0.25, 0.3) is 0 Å². The molecule has 5 heteroatoms. The third-order valence-corrected chi connectivity index (χ3v) is 4.86. The average Bonchev–Trinajstić information content (AvgIpc) is 3.12. The van der Waals surface area contributed by atoms with Gasteiger partial charge in [0.25, 0.3) is 0 Å². The Morgan fingerprint density at radius 1 is 1.04 bits per heavy atom. The fraction of sp³-hybridized carbons (Fsp3) is 0.500. The zero-order valence-corrected chi connectivity index (χ0v) is 13.5. The summed E-state index contributed by atoms with van der Waals surface area (Å²) in [6.07, 6.45) is 5.14. The molecule has 122 valence electrons. The minimum absolute atomic E-state index is 0.0830. The van der Waals surface area contributed by atoms with Crippen LogP contribution in [0.3, 0.4) is 0 Å². The van der Waals surface area contributed by atoms with Gasteiger partial charge in [-0.15, -0.1) is 0 Å². The molecule has 1 saturated carbocycles. The van der Waals surface area contributed by atoms with Gasteiger partial charge in [0.2, 0.25) is 0 Å². The zero-order chi connectivity index (χ0) is 16.4. The van der Waals surface area contributed by atoms with Crippen molar-refractivity contribution in [3.63, 3.8) is 0 Å². The summed E-state index contributed by atoms with van der Waals surface area (Å²) in [5.41, 5.74) is 2.42. The number of hydrogen-bond donors (Lipinski definition) is 0. The van der Waals surface area contributed by atoms with E-state index < -0.39 is 17.8 Å². The van der Waals surface area contributed by atoms with Crippen LogP contribution in [-0.2, 0) is 16.0 Å². The molecule has 0 atom stereocenters. The summed E-state index contributed by atoms with van der Waals surface area (Å²) in [6, 6.07) is 7.58. The van der Waals surface area contributed by atoms with Crippen molar-refractivity contribution in [2.45, 2.75) is 51.5 Å². The van der Waals surface area contributed by atoms with Crippen molar-refractivity contribution < 1.29 is 14.4 Å². The van der Waals surface area contributed by atoms with Gasteiger partial charge in [0, 0.05) is 12.6 Å². The minimum atomic E-state index is -0.660. The van der Waals surface area contributed by atoms with Gasteiger partial charge in [-0.25, -0.2) is 4.79 Å². The summed E-state index contributed by atoms with van der Waals surface area (Å²) in [5.74, 6) is -1.30. The standard InChI is InChI=1S/C18H22N2O3/c1-13-7-2-3-8-14(13)9-6-12-19-16(21)17(22)20(18(19)23)15-10-4-5-11-15/h2-3,7-8,15H,4-6,9-12H2,1H3. The second kappa shape index (κ2) is 6.52. The van der Waals surface area contributed by atoms with Crippen molar-refractivity contribution in [2.75, 3.05) is 6.54 Å². The number of hydrogen-bond acceptors (Lipinski definition) is 3. The van der Waals surface area contributed by atoms with E-state index in [0.717, 1.165) is 37.0 Å². The second-order valence-corrected chi connectivity index (χ2v) is 6.38. The lowest BCUT2D eigenvalue weighted by atomic mass is 10.0. The largest absolute Gasteiger partial charge is 0.334 e. The van der Waals surface area contributed by atoms with Gasteiger partial charge in [0.15, 0.2) is 0 Å². The van der Waals surface area contributed by atoms with Crippen LogP contribution in [0.1, 0.15) is 43.2 Å².